The van der Waals surface area contributed by atoms with Crippen LogP contribution in [0.25, 0.3) is 0 Å². The first kappa shape index (κ1) is 15.6. The van der Waals surface area contributed by atoms with Crippen LogP contribution in [-0.4, -0.2) is 46.6 Å². The molecule has 2 aliphatic rings. The molecule has 1 unspecified atom stereocenters. The van der Waals surface area contributed by atoms with Gasteiger partial charge in [-0.25, -0.2) is 0 Å². The Morgan fingerprint density at radius 1 is 1.23 bits per heavy atom. The Hall–Kier alpha value is -1.31. The van der Waals surface area contributed by atoms with E-state index >= 15 is 0 Å². The third-order valence-corrected chi connectivity index (χ3v) is 5.61. The molecule has 1 aromatic heterocycles. The van der Waals surface area contributed by atoms with Gasteiger partial charge in [-0.15, -0.1) is 0 Å². The second kappa shape index (κ2) is 6.85. The Morgan fingerprint density at radius 3 is 2.50 bits per heavy atom. The van der Waals surface area contributed by atoms with Crippen LogP contribution in [0.15, 0.2) is 12.3 Å². The van der Waals surface area contributed by atoms with E-state index in [4.69, 9.17) is 5.26 Å². The van der Waals surface area contributed by atoms with Crippen molar-refractivity contribution < 1.29 is 0 Å². The lowest BCUT2D eigenvalue weighted by Crippen LogP contribution is -2.42. The summed E-state index contributed by atoms with van der Waals surface area (Å²) in [4.78, 5) is 5.24. The van der Waals surface area contributed by atoms with Crippen LogP contribution in [0.1, 0.15) is 43.9 Å². The third-order valence-electron chi connectivity index (χ3n) is 5.61. The Balaban J connectivity index is 1.50. The van der Waals surface area contributed by atoms with E-state index in [9.17, 15) is 0 Å². The van der Waals surface area contributed by atoms with Crippen LogP contribution in [0.3, 0.4) is 0 Å². The molecule has 2 aliphatic heterocycles. The van der Waals surface area contributed by atoms with Crippen molar-refractivity contribution in [2.45, 2.75) is 45.2 Å². The second-order valence-corrected chi connectivity index (χ2v) is 7.05. The Labute approximate surface area is 134 Å². The van der Waals surface area contributed by atoms with E-state index in [1.54, 1.807) is 0 Å². The SMILES string of the molecule is CC(C1CCN(Cc2cc(C#N)n(C)c2)CC1)N1CCCC1. The quantitative estimate of drug-likeness (QED) is 0.857. The fraction of sp³-hybridized carbons (Fsp3) is 0.722. The second-order valence-electron chi connectivity index (χ2n) is 7.05. The molecule has 3 heterocycles. The number of rotatable bonds is 4. The number of aromatic nitrogens is 1. The average molecular weight is 300 g/mol. The minimum atomic E-state index is 0.756. The standard InChI is InChI=1S/C18H28N4/c1-15(22-7-3-4-8-22)17-5-9-21(10-6-17)14-16-11-18(12-19)20(2)13-16/h11,13,15,17H,3-10,14H2,1-2H3. The van der Waals surface area contributed by atoms with Gasteiger partial charge in [0.05, 0.1) is 0 Å². The topological polar surface area (TPSA) is 35.2 Å². The van der Waals surface area contributed by atoms with E-state index in [0.717, 1.165) is 24.2 Å². The molecule has 1 aromatic rings. The number of nitriles is 1. The summed E-state index contributed by atoms with van der Waals surface area (Å²) >= 11 is 0. The van der Waals surface area contributed by atoms with Crippen molar-refractivity contribution in [1.29, 1.82) is 5.26 Å². The molecule has 4 nitrogen and oxygen atoms in total. The van der Waals surface area contributed by atoms with Gasteiger partial charge in [0.25, 0.3) is 0 Å². The van der Waals surface area contributed by atoms with Crippen LogP contribution in [0, 0.1) is 17.2 Å². The van der Waals surface area contributed by atoms with Gasteiger partial charge in [-0.3, -0.25) is 4.90 Å². The lowest BCUT2D eigenvalue weighted by molar-refractivity contribution is 0.108. The van der Waals surface area contributed by atoms with E-state index in [1.165, 1.54) is 57.4 Å². The highest BCUT2D eigenvalue weighted by Crippen LogP contribution is 2.27. The minimum Gasteiger partial charge on any atom is -0.342 e. The van der Waals surface area contributed by atoms with Crippen molar-refractivity contribution in [3.63, 3.8) is 0 Å². The molecule has 22 heavy (non-hydrogen) atoms. The number of hydrogen-bond donors (Lipinski definition) is 0. The average Bonchev–Trinajstić information content (AvgIpc) is 3.17. The number of piperidine rings is 1. The maximum Gasteiger partial charge on any atom is 0.120 e. The fourth-order valence-electron chi connectivity index (χ4n) is 4.13. The molecule has 0 radical (unpaired) electrons. The van der Waals surface area contributed by atoms with Crippen LogP contribution >= 0.6 is 0 Å². The van der Waals surface area contributed by atoms with Crippen molar-refractivity contribution in [2.75, 3.05) is 26.2 Å². The lowest BCUT2D eigenvalue weighted by Gasteiger charge is -2.38. The largest absolute Gasteiger partial charge is 0.342 e. The molecule has 0 spiro atoms. The highest BCUT2D eigenvalue weighted by molar-refractivity contribution is 5.28. The molecule has 2 saturated heterocycles. The molecule has 0 saturated carbocycles. The molecular formula is C18H28N4. The summed E-state index contributed by atoms with van der Waals surface area (Å²) in [6.07, 6.45) is 7.50. The van der Waals surface area contributed by atoms with Gasteiger partial charge in [-0.2, -0.15) is 5.26 Å². The van der Waals surface area contributed by atoms with Crippen LogP contribution in [-0.2, 0) is 13.6 Å². The lowest BCUT2D eigenvalue weighted by atomic mass is 9.89. The molecule has 0 aliphatic carbocycles. The van der Waals surface area contributed by atoms with Gasteiger partial charge in [-0.05, 0) is 76.3 Å². The summed E-state index contributed by atoms with van der Waals surface area (Å²) in [6, 6.07) is 5.03. The Kier molecular flexibility index (Phi) is 4.85. The number of hydrogen-bond acceptors (Lipinski definition) is 3. The first-order valence-electron chi connectivity index (χ1n) is 8.69. The van der Waals surface area contributed by atoms with Crippen molar-refractivity contribution in [3.8, 4) is 6.07 Å². The Bertz CT molecular complexity index is 528. The van der Waals surface area contributed by atoms with Gasteiger partial charge in [0.1, 0.15) is 11.8 Å². The van der Waals surface area contributed by atoms with Crippen molar-refractivity contribution >= 4 is 0 Å². The normalized spacial score (nSPS) is 22.8. The molecule has 120 valence electrons. The van der Waals surface area contributed by atoms with E-state index < -0.39 is 0 Å². The van der Waals surface area contributed by atoms with E-state index in [-0.39, 0.29) is 0 Å². The van der Waals surface area contributed by atoms with Crippen molar-refractivity contribution in [3.05, 3.63) is 23.5 Å². The first-order valence-corrected chi connectivity index (χ1v) is 8.69. The van der Waals surface area contributed by atoms with Gasteiger partial charge >= 0.3 is 0 Å². The summed E-state index contributed by atoms with van der Waals surface area (Å²) in [5.74, 6) is 0.861. The fourth-order valence-corrected chi connectivity index (χ4v) is 4.13. The van der Waals surface area contributed by atoms with Crippen molar-refractivity contribution in [1.82, 2.24) is 14.4 Å². The zero-order chi connectivity index (χ0) is 15.5. The van der Waals surface area contributed by atoms with E-state index in [1.807, 2.05) is 17.7 Å². The highest BCUT2D eigenvalue weighted by Gasteiger charge is 2.28. The molecule has 0 N–H and O–H groups in total. The zero-order valence-corrected chi connectivity index (χ0v) is 14.0. The van der Waals surface area contributed by atoms with Gasteiger partial charge in [0, 0.05) is 25.8 Å². The maximum absolute atomic E-state index is 9.05. The highest BCUT2D eigenvalue weighted by atomic mass is 15.2. The molecule has 1 atom stereocenters. The van der Waals surface area contributed by atoms with Gasteiger partial charge < -0.3 is 9.47 Å². The van der Waals surface area contributed by atoms with Crippen LogP contribution in [0.4, 0.5) is 0 Å². The van der Waals surface area contributed by atoms with Gasteiger partial charge in [0.15, 0.2) is 0 Å². The smallest absolute Gasteiger partial charge is 0.120 e. The third kappa shape index (κ3) is 3.37. The summed E-state index contributed by atoms with van der Waals surface area (Å²) in [5, 5.41) is 9.05. The van der Waals surface area contributed by atoms with E-state index in [0.29, 0.717) is 0 Å². The molecule has 3 rings (SSSR count). The zero-order valence-electron chi connectivity index (χ0n) is 14.0. The van der Waals surface area contributed by atoms with E-state index in [2.05, 4.69) is 29.0 Å². The summed E-state index contributed by atoms with van der Waals surface area (Å²) < 4.78 is 1.93. The molecule has 0 aromatic carbocycles. The van der Waals surface area contributed by atoms with Gasteiger partial charge in [0.2, 0.25) is 0 Å². The summed E-state index contributed by atoms with van der Waals surface area (Å²) in [5.41, 5.74) is 2.03. The molecule has 2 fully saturated rings. The predicted octanol–water partition coefficient (Wildman–Crippen LogP) is 2.59. The minimum absolute atomic E-state index is 0.756. The predicted molar refractivity (Wildman–Crippen MR) is 88.4 cm³/mol. The van der Waals surface area contributed by atoms with Crippen LogP contribution in [0.2, 0.25) is 0 Å². The van der Waals surface area contributed by atoms with Crippen LogP contribution in [0.5, 0.6) is 0 Å². The van der Waals surface area contributed by atoms with Crippen LogP contribution < -0.4 is 0 Å². The number of nitrogens with zero attached hydrogens (tertiary/aromatic N) is 4. The molecule has 0 bridgehead atoms. The summed E-state index contributed by atoms with van der Waals surface area (Å²) in [6.45, 7) is 8.42. The molecule has 4 heteroatoms. The molecular weight excluding hydrogens is 272 g/mol. The maximum atomic E-state index is 9.05. The van der Waals surface area contributed by atoms with Gasteiger partial charge in [-0.1, -0.05) is 0 Å². The number of likely N-dealkylation sites (tertiary alicyclic amines) is 2. The Morgan fingerprint density at radius 2 is 1.91 bits per heavy atom. The monoisotopic (exact) mass is 300 g/mol. The first-order chi connectivity index (χ1) is 10.7. The molecule has 0 amide bonds. The van der Waals surface area contributed by atoms with Crippen molar-refractivity contribution in [2.24, 2.45) is 13.0 Å². The summed E-state index contributed by atoms with van der Waals surface area (Å²) in [7, 11) is 1.95. The number of aryl methyl sites for hydroxylation is 1.